The summed E-state index contributed by atoms with van der Waals surface area (Å²) in [5, 5.41) is 0. The molecule has 0 aliphatic carbocycles. The van der Waals surface area contributed by atoms with E-state index < -0.39 is 0 Å². The molecule has 2 N–H and O–H groups in total. The van der Waals surface area contributed by atoms with Crippen LogP contribution in [0.3, 0.4) is 0 Å². The summed E-state index contributed by atoms with van der Waals surface area (Å²) in [5.74, 6) is 1.04. The molecule has 1 aliphatic heterocycles. The first kappa shape index (κ1) is 12.4. The van der Waals surface area contributed by atoms with Crippen molar-refractivity contribution < 1.29 is 4.74 Å². The molecule has 94 valence electrons. The fourth-order valence-corrected chi connectivity index (χ4v) is 2.53. The third-order valence-electron chi connectivity index (χ3n) is 3.50. The molecule has 0 fully saturated rings. The van der Waals surface area contributed by atoms with Crippen molar-refractivity contribution in [3.63, 3.8) is 0 Å². The van der Waals surface area contributed by atoms with E-state index >= 15 is 0 Å². The third kappa shape index (κ3) is 2.32. The van der Waals surface area contributed by atoms with E-state index in [2.05, 4.69) is 39.8 Å². The largest absolute Gasteiger partial charge is 0.493 e. The fraction of sp³-hybridized carbons (Fsp3) is 0.600. The van der Waals surface area contributed by atoms with E-state index in [0.717, 1.165) is 25.2 Å². The van der Waals surface area contributed by atoms with Crippen molar-refractivity contribution in [3.05, 3.63) is 28.8 Å². The second-order valence-corrected chi connectivity index (χ2v) is 6.02. The van der Waals surface area contributed by atoms with E-state index in [-0.39, 0.29) is 11.5 Å². The van der Waals surface area contributed by atoms with Crippen molar-refractivity contribution in [2.45, 2.75) is 52.0 Å². The molecule has 0 bridgehead atoms. The first-order chi connectivity index (χ1) is 7.91. The summed E-state index contributed by atoms with van der Waals surface area (Å²) in [6, 6.07) is 4.48. The Bertz CT molecular complexity index is 418. The molecule has 2 rings (SSSR count). The molecular formula is C15H23NO. The van der Waals surface area contributed by atoms with Crippen molar-refractivity contribution in [3.8, 4) is 5.75 Å². The van der Waals surface area contributed by atoms with Gasteiger partial charge in [-0.2, -0.15) is 0 Å². The van der Waals surface area contributed by atoms with E-state index in [0.29, 0.717) is 0 Å². The first-order valence-corrected chi connectivity index (χ1v) is 6.43. The number of hydrogen-bond acceptors (Lipinski definition) is 2. The molecule has 2 nitrogen and oxygen atoms in total. The van der Waals surface area contributed by atoms with Gasteiger partial charge in [-0.3, -0.25) is 0 Å². The molecule has 0 saturated carbocycles. The number of ether oxygens (including phenoxy) is 1. The minimum atomic E-state index is 0.0991. The van der Waals surface area contributed by atoms with Crippen LogP contribution in [0.4, 0.5) is 0 Å². The van der Waals surface area contributed by atoms with Crippen LogP contribution in [0.25, 0.3) is 0 Å². The Labute approximate surface area is 104 Å². The Morgan fingerprint density at radius 3 is 2.65 bits per heavy atom. The van der Waals surface area contributed by atoms with Gasteiger partial charge in [0.15, 0.2) is 0 Å². The van der Waals surface area contributed by atoms with Gasteiger partial charge in [-0.15, -0.1) is 0 Å². The Morgan fingerprint density at radius 1 is 1.29 bits per heavy atom. The topological polar surface area (TPSA) is 35.2 Å². The number of hydrogen-bond donors (Lipinski definition) is 1. The molecule has 1 aromatic rings. The van der Waals surface area contributed by atoms with Crippen LogP contribution in [0, 0.1) is 6.92 Å². The number of rotatable bonds is 0. The van der Waals surface area contributed by atoms with Gasteiger partial charge < -0.3 is 10.5 Å². The summed E-state index contributed by atoms with van der Waals surface area (Å²) in [5.41, 5.74) is 10.1. The number of nitrogens with two attached hydrogens (primary N) is 1. The van der Waals surface area contributed by atoms with E-state index in [1.165, 1.54) is 16.7 Å². The van der Waals surface area contributed by atoms with Crippen molar-refractivity contribution in [1.29, 1.82) is 0 Å². The van der Waals surface area contributed by atoms with E-state index in [1.54, 1.807) is 0 Å². The average Bonchev–Trinajstić information content (AvgIpc) is 2.40. The summed E-state index contributed by atoms with van der Waals surface area (Å²) in [7, 11) is 0. The minimum absolute atomic E-state index is 0.0991. The second-order valence-electron chi connectivity index (χ2n) is 6.02. The summed E-state index contributed by atoms with van der Waals surface area (Å²) in [6.45, 7) is 9.57. The lowest BCUT2D eigenvalue weighted by Crippen LogP contribution is -2.17. The zero-order chi connectivity index (χ0) is 12.6. The maximum atomic E-state index is 6.28. The summed E-state index contributed by atoms with van der Waals surface area (Å²) >= 11 is 0. The van der Waals surface area contributed by atoms with Crippen LogP contribution in [0.5, 0.6) is 5.75 Å². The first-order valence-electron chi connectivity index (χ1n) is 6.43. The highest BCUT2D eigenvalue weighted by atomic mass is 16.5. The molecule has 0 aromatic heterocycles. The lowest BCUT2D eigenvalue weighted by Gasteiger charge is -2.26. The van der Waals surface area contributed by atoms with Crippen LogP contribution in [-0.4, -0.2) is 6.61 Å². The minimum Gasteiger partial charge on any atom is -0.493 e. The summed E-state index contributed by atoms with van der Waals surface area (Å²) < 4.78 is 5.98. The number of benzene rings is 1. The highest BCUT2D eigenvalue weighted by Crippen LogP contribution is 2.40. The molecule has 1 atom stereocenters. The van der Waals surface area contributed by atoms with Gasteiger partial charge in [0.25, 0.3) is 0 Å². The maximum Gasteiger partial charge on any atom is 0.128 e. The standard InChI is InChI=1S/C15H23NO/c1-10-7-8-11(15(2,3)4)14-13(10)12(16)6-5-9-17-14/h7-8,12H,5-6,9,16H2,1-4H3/t12-/m0/s1. The molecule has 1 aliphatic rings. The van der Waals surface area contributed by atoms with Crippen molar-refractivity contribution >= 4 is 0 Å². The van der Waals surface area contributed by atoms with Gasteiger partial charge in [0.05, 0.1) is 6.61 Å². The van der Waals surface area contributed by atoms with E-state index in [9.17, 15) is 0 Å². The van der Waals surface area contributed by atoms with Gasteiger partial charge in [-0.05, 0) is 36.3 Å². The Kier molecular flexibility index (Phi) is 3.17. The van der Waals surface area contributed by atoms with Gasteiger partial charge in [0, 0.05) is 11.6 Å². The third-order valence-corrected chi connectivity index (χ3v) is 3.50. The molecule has 17 heavy (non-hydrogen) atoms. The lowest BCUT2D eigenvalue weighted by atomic mass is 9.83. The molecule has 1 aromatic carbocycles. The van der Waals surface area contributed by atoms with Crippen LogP contribution in [0.1, 0.15) is 56.3 Å². The monoisotopic (exact) mass is 233 g/mol. The fourth-order valence-electron chi connectivity index (χ4n) is 2.53. The van der Waals surface area contributed by atoms with Crippen LogP contribution < -0.4 is 10.5 Å². The molecule has 0 radical (unpaired) electrons. The van der Waals surface area contributed by atoms with Crippen molar-refractivity contribution in [1.82, 2.24) is 0 Å². The van der Waals surface area contributed by atoms with E-state index in [4.69, 9.17) is 10.5 Å². The number of aryl methyl sites for hydroxylation is 1. The predicted molar refractivity (Wildman–Crippen MR) is 71.5 cm³/mol. The molecule has 1 heterocycles. The zero-order valence-electron chi connectivity index (χ0n) is 11.3. The summed E-state index contributed by atoms with van der Waals surface area (Å²) in [6.07, 6.45) is 2.06. The normalized spacial score (nSPS) is 20.4. The summed E-state index contributed by atoms with van der Waals surface area (Å²) in [4.78, 5) is 0. The molecule has 0 saturated heterocycles. The van der Waals surface area contributed by atoms with Crippen LogP contribution in [0.15, 0.2) is 12.1 Å². The smallest absolute Gasteiger partial charge is 0.128 e. The SMILES string of the molecule is Cc1ccc(C(C)(C)C)c2c1[C@@H](N)CCCO2. The Balaban J connectivity index is 2.62. The Hall–Kier alpha value is -1.02. The lowest BCUT2D eigenvalue weighted by molar-refractivity contribution is 0.308. The molecule has 0 unspecified atom stereocenters. The molecule has 0 amide bonds. The average molecular weight is 233 g/mol. The van der Waals surface area contributed by atoms with Crippen molar-refractivity contribution in [2.75, 3.05) is 6.61 Å². The van der Waals surface area contributed by atoms with Gasteiger partial charge in [-0.1, -0.05) is 32.9 Å². The molecule has 0 spiro atoms. The maximum absolute atomic E-state index is 6.28. The van der Waals surface area contributed by atoms with Crippen LogP contribution in [0.2, 0.25) is 0 Å². The number of fused-ring (bicyclic) bond motifs is 1. The molecular weight excluding hydrogens is 210 g/mol. The molecule has 2 heteroatoms. The van der Waals surface area contributed by atoms with Crippen LogP contribution in [-0.2, 0) is 5.41 Å². The van der Waals surface area contributed by atoms with Gasteiger partial charge in [0.1, 0.15) is 5.75 Å². The van der Waals surface area contributed by atoms with Crippen LogP contribution >= 0.6 is 0 Å². The Morgan fingerprint density at radius 2 is 2.00 bits per heavy atom. The zero-order valence-corrected chi connectivity index (χ0v) is 11.3. The quantitative estimate of drug-likeness (QED) is 0.744. The second kappa shape index (κ2) is 4.34. The van der Waals surface area contributed by atoms with Gasteiger partial charge in [-0.25, -0.2) is 0 Å². The van der Waals surface area contributed by atoms with Gasteiger partial charge >= 0.3 is 0 Å². The van der Waals surface area contributed by atoms with E-state index in [1.807, 2.05) is 0 Å². The predicted octanol–water partition coefficient (Wildman–Crippen LogP) is 3.46. The highest BCUT2D eigenvalue weighted by Gasteiger charge is 2.26. The highest BCUT2D eigenvalue weighted by molar-refractivity contribution is 5.50. The van der Waals surface area contributed by atoms with Gasteiger partial charge in [0.2, 0.25) is 0 Å². The van der Waals surface area contributed by atoms with Crippen molar-refractivity contribution in [2.24, 2.45) is 5.73 Å².